The Morgan fingerprint density at radius 2 is 2.18 bits per heavy atom. The predicted octanol–water partition coefficient (Wildman–Crippen LogP) is 2.84. The second-order valence-corrected chi connectivity index (χ2v) is 6.45. The maximum absolute atomic E-state index is 12.5. The maximum atomic E-state index is 12.5. The zero-order valence-corrected chi connectivity index (χ0v) is 15.6. The van der Waals surface area contributed by atoms with Crippen molar-refractivity contribution in [2.24, 2.45) is 0 Å². The number of amides is 2. The van der Waals surface area contributed by atoms with E-state index in [1.54, 1.807) is 37.4 Å². The molecule has 144 valence electrons. The normalized spacial score (nSPS) is 15.5. The molecule has 0 fully saturated rings. The van der Waals surface area contributed by atoms with E-state index in [1.807, 2.05) is 18.5 Å². The lowest BCUT2D eigenvalue weighted by molar-refractivity contribution is -0.122. The average Bonchev–Trinajstić information content (AvgIpc) is 3.29. The fourth-order valence-corrected chi connectivity index (χ4v) is 3.00. The third kappa shape index (κ3) is 3.11. The molecule has 1 aliphatic heterocycles. The monoisotopic (exact) mass is 381 g/mol. The van der Waals surface area contributed by atoms with E-state index in [4.69, 9.17) is 9.26 Å². The SMILES string of the molecule is CCn1ncc(-c2cc(C(=O)Nc3ccc4c(c3)NC(=O)[C@H](C)O4)no2)c1C. The van der Waals surface area contributed by atoms with Crippen molar-refractivity contribution in [3.05, 3.63) is 41.9 Å². The van der Waals surface area contributed by atoms with Crippen LogP contribution in [0.3, 0.4) is 0 Å². The Morgan fingerprint density at radius 1 is 1.36 bits per heavy atom. The number of nitrogens with one attached hydrogen (secondary N) is 2. The number of ether oxygens (including phenoxy) is 1. The molecule has 0 saturated carbocycles. The maximum Gasteiger partial charge on any atom is 0.277 e. The molecule has 2 N–H and O–H groups in total. The highest BCUT2D eigenvalue weighted by molar-refractivity contribution is 6.04. The first-order valence-corrected chi connectivity index (χ1v) is 8.88. The van der Waals surface area contributed by atoms with Crippen molar-refractivity contribution in [1.82, 2.24) is 14.9 Å². The molecule has 1 aromatic carbocycles. The molecular formula is C19H19N5O4. The van der Waals surface area contributed by atoms with Crippen LogP contribution in [0.2, 0.25) is 0 Å². The van der Waals surface area contributed by atoms with E-state index in [1.165, 1.54) is 0 Å². The van der Waals surface area contributed by atoms with Crippen molar-refractivity contribution in [1.29, 1.82) is 0 Å². The van der Waals surface area contributed by atoms with Gasteiger partial charge in [-0.15, -0.1) is 0 Å². The molecule has 2 aromatic heterocycles. The highest BCUT2D eigenvalue weighted by atomic mass is 16.5. The van der Waals surface area contributed by atoms with E-state index in [-0.39, 0.29) is 11.6 Å². The highest BCUT2D eigenvalue weighted by Gasteiger charge is 2.24. The third-order valence-corrected chi connectivity index (χ3v) is 4.58. The molecule has 1 atom stereocenters. The summed E-state index contributed by atoms with van der Waals surface area (Å²) in [5, 5.41) is 13.6. The quantitative estimate of drug-likeness (QED) is 0.719. The summed E-state index contributed by atoms with van der Waals surface area (Å²) in [5.41, 5.74) is 2.87. The molecule has 0 radical (unpaired) electrons. The first-order chi connectivity index (χ1) is 13.5. The van der Waals surface area contributed by atoms with E-state index in [9.17, 15) is 9.59 Å². The van der Waals surface area contributed by atoms with E-state index in [0.29, 0.717) is 22.9 Å². The topological polar surface area (TPSA) is 111 Å². The Balaban J connectivity index is 1.52. The number of benzene rings is 1. The summed E-state index contributed by atoms with van der Waals surface area (Å²) in [6, 6.07) is 6.59. The summed E-state index contributed by atoms with van der Waals surface area (Å²) in [6.07, 6.45) is 1.13. The number of carbonyl (C=O) groups excluding carboxylic acids is 2. The van der Waals surface area contributed by atoms with Gasteiger partial charge in [0, 0.05) is 24.0 Å². The molecule has 28 heavy (non-hydrogen) atoms. The van der Waals surface area contributed by atoms with Gasteiger partial charge in [-0.1, -0.05) is 5.16 Å². The number of hydrogen-bond acceptors (Lipinski definition) is 6. The molecule has 0 spiro atoms. The van der Waals surface area contributed by atoms with Gasteiger partial charge < -0.3 is 19.9 Å². The second kappa shape index (κ2) is 6.84. The minimum atomic E-state index is -0.554. The molecule has 3 aromatic rings. The Kier molecular flexibility index (Phi) is 4.34. The van der Waals surface area contributed by atoms with Crippen LogP contribution in [0.15, 0.2) is 35.0 Å². The van der Waals surface area contributed by atoms with Crippen molar-refractivity contribution in [2.45, 2.75) is 33.4 Å². The van der Waals surface area contributed by atoms with E-state index < -0.39 is 12.0 Å². The first kappa shape index (κ1) is 17.8. The van der Waals surface area contributed by atoms with Crippen LogP contribution in [0.25, 0.3) is 11.3 Å². The molecular weight excluding hydrogens is 362 g/mol. The van der Waals surface area contributed by atoms with Gasteiger partial charge >= 0.3 is 0 Å². The molecule has 0 saturated heterocycles. The van der Waals surface area contributed by atoms with Gasteiger partial charge in [0.15, 0.2) is 17.6 Å². The number of aromatic nitrogens is 3. The van der Waals surface area contributed by atoms with Gasteiger partial charge in [0.1, 0.15) is 5.75 Å². The van der Waals surface area contributed by atoms with Gasteiger partial charge in [0.05, 0.1) is 17.4 Å². The molecule has 0 unspecified atom stereocenters. The number of hydrogen-bond donors (Lipinski definition) is 2. The zero-order chi connectivity index (χ0) is 19.8. The smallest absolute Gasteiger partial charge is 0.277 e. The summed E-state index contributed by atoms with van der Waals surface area (Å²) < 4.78 is 12.7. The van der Waals surface area contributed by atoms with E-state index in [0.717, 1.165) is 17.8 Å². The fraction of sp³-hybridized carbons (Fsp3) is 0.263. The lowest BCUT2D eigenvalue weighted by atomic mass is 10.2. The van der Waals surface area contributed by atoms with Crippen LogP contribution in [0.1, 0.15) is 30.0 Å². The third-order valence-electron chi connectivity index (χ3n) is 4.58. The van der Waals surface area contributed by atoms with Crippen LogP contribution in [-0.4, -0.2) is 32.9 Å². The highest BCUT2D eigenvalue weighted by Crippen LogP contribution is 2.32. The van der Waals surface area contributed by atoms with Gasteiger partial charge in [-0.05, 0) is 39.0 Å². The molecule has 9 heteroatoms. The van der Waals surface area contributed by atoms with Gasteiger partial charge in [-0.3, -0.25) is 14.3 Å². The number of fused-ring (bicyclic) bond motifs is 1. The summed E-state index contributed by atoms with van der Waals surface area (Å²) in [5.74, 6) is 0.367. The van der Waals surface area contributed by atoms with Gasteiger partial charge in [-0.25, -0.2) is 0 Å². The molecule has 0 aliphatic carbocycles. The van der Waals surface area contributed by atoms with Crippen molar-refractivity contribution < 1.29 is 18.8 Å². The summed E-state index contributed by atoms with van der Waals surface area (Å²) in [4.78, 5) is 24.3. The Morgan fingerprint density at radius 3 is 2.93 bits per heavy atom. The predicted molar refractivity (Wildman–Crippen MR) is 101 cm³/mol. The minimum absolute atomic E-state index is 0.144. The van der Waals surface area contributed by atoms with Gasteiger partial charge in [-0.2, -0.15) is 5.10 Å². The van der Waals surface area contributed by atoms with Crippen LogP contribution in [0, 0.1) is 6.92 Å². The molecule has 4 rings (SSSR count). The molecule has 3 heterocycles. The van der Waals surface area contributed by atoms with Gasteiger partial charge in [0.25, 0.3) is 11.8 Å². The van der Waals surface area contributed by atoms with Crippen LogP contribution in [0.5, 0.6) is 5.75 Å². The summed E-state index contributed by atoms with van der Waals surface area (Å²) in [6.45, 7) is 6.33. The number of carbonyl (C=O) groups is 2. The number of aryl methyl sites for hydroxylation is 1. The standard InChI is InChI=1S/C19H19N5O4/c1-4-24-10(2)13(9-20-24)17-8-15(23-28-17)19(26)21-12-5-6-16-14(7-12)22-18(25)11(3)27-16/h5-9,11H,4H2,1-3H3,(H,21,26)(H,22,25)/t11-/m0/s1. The zero-order valence-electron chi connectivity index (χ0n) is 15.6. The van der Waals surface area contributed by atoms with E-state index >= 15 is 0 Å². The van der Waals surface area contributed by atoms with Crippen molar-refractivity contribution >= 4 is 23.2 Å². The molecule has 1 aliphatic rings. The van der Waals surface area contributed by atoms with Crippen LogP contribution < -0.4 is 15.4 Å². The Bertz CT molecular complexity index is 1070. The van der Waals surface area contributed by atoms with E-state index in [2.05, 4.69) is 20.9 Å². The van der Waals surface area contributed by atoms with Crippen molar-refractivity contribution in [3.63, 3.8) is 0 Å². The number of anilines is 2. The summed E-state index contributed by atoms with van der Waals surface area (Å²) in [7, 11) is 0. The second-order valence-electron chi connectivity index (χ2n) is 6.45. The minimum Gasteiger partial charge on any atom is -0.479 e. The number of rotatable bonds is 4. The lowest BCUT2D eigenvalue weighted by Gasteiger charge is -2.23. The first-order valence-electron chi connectivity index (χ1n) is 8.88. The average molecular weight is 381 g/mol. The fourth-order valence-electron chi connectivity index (χ4n) is 3.00. The molecule has 9 nitrogen and oxygen atoms in total. The van der Waals surface area contributed by atoms with Crippen LogP contribution >= 0.6 is 0 Å². The van der Waals surface area contributed by atoms with Gasteiger partial charge in [0.2, 0.25) is 0 Å². The summed E-state index contributed by atoms with van der Waals surface area (Å²) >= 11 is 0. The Labute approximate surface area is 160 Å². The largest absolute Gasteiger partial charge is 0.479 e. The van der Waals surface area contributed by atoms with Crippen molar-refractivity contribution in [3.8, 4) is 17.1 Å². The lowest BCUT2D eigenvalue weighted by Crippen LogP contribution is -2.34. The van der Waals surface area contributed by atoms with Crippen LogP contribution in [0.4, 0.5) is 11.4 Å². The van der Waals surface area contributed by atoms with Crippen molar-refractivity contribution in [2.75, 3.05) is 10.6 Å². The van der Waals surface area contributed by atoms with Crippen LogP contribution in [-0.2, 0) is 11.3 Å². The molecule has 2 amide bonds. The molecule has 0 bridgehead atoms. The number of nitrogens with zero attached hydrogens (tertiary/aromatic N) is 3. The Hall–Kier alpha value is -3.62.